The van der Waals surface area contributed by atoms with Crippen LogP contribution in [0.4, 0.5) is 5.82 Å². The summed E-state index contributed by atoms with van der Waals surface area (Å²) in [6, 6.07) is 2.01. The number of nitrogens with zero attached hydrogens (tertiary/aromatic N) is 3. The van der Waals surface area contributed by atoms with E-state index in [2.05, 4.69) is 14.9 Å². The van der Waals surface area contributed by atoms with E-state index >= 15 is 0 Å². The van der Waals surface area contributed by atoms with Crippen LogP contribution in [0.15, 0.2) is 17.8 Å². The zero-order chi connectivity index (χ0) is 14.3. The van der Waals surface area contributed by atoms with Crippen molar-refractivity contribution in [3.05, 3.63) is 17.8 Å². The molecule has 3 heterocycles. The Bertz CT molecular complexity index is 655. The van der Waals surface area contributed by atoms with Crippen molar-refractivity contribution in [2.24, 2.45) is 11.3 Å². The van der Waals surface area contributed by atoms with Gasteiger partial charge in [0.1, 0.15) is 17.0 Å². The second-order valence-corrected chi connectivity index (χ2v) is 6.52. The molecule has 1 fully saturated rings. The van der Waals surface area contributed by atoms with Gasteiger partial charge in [0, 0.05) is 13.1 Å². The molecule has 0 bridgehead atoms. The Labute approximate surface area is 121 Å². The lowest BCUT2D eigenvalue weighted by Crippen LogP contribution is -2.39. The molecule has 1 unspecified atom stereocenters. The third-order valence-corrected chi connectivity index (χ3v) is 5.19. The molecule has 0 amide bonds. The summed E-state index contributed by atoms with van der Waals surface area (Å²) in [5, 5.41) is 12.6. The van der Waals surface area contributed by atoms with E-state index in [-0.39, 0.29) is 5.92 Å². The van der Waals surface area contributed by atoms with Crippen molar-refractivity contribution in [3.8, 4) is 0 Å². The minimum Gasteiger partial charge on any atom is -0.481 e. The van der Waals surface area contributed by atoms with Crippen LogP contribution in [0.5, 0.6) is 0 Å². The molecule has 0 radical (unpaired) electrons. The summed E-state index contributed by atoms with van der Waals surface area (Å²) in [7, 11) is 0. The number of hydrogen-bond donors (Lipinski definition) is 1. The van der Waals surface area contributed by atoms with Crippen molar-refractivity contribution in [3.63, 3.8) is 0 Å². The number of aliphatic carboxylic acids is 1. The molecular weight excluding hydrogens is 274 g/mol. The van der Waals surface area contributed by atoms with Gasteiger partial charge in [-0.25, -0.2) is 9.97 Å². The van der Waals surface area contributed by atoms with Gasteiger partial charge in [0.25, 0.3) is 0 Å². The number of carboxylic acid groups (broad SMARTS) is 1. The van der Waals surface area contributed by atoms with E-state index in [0.717, 1.165) is 22.6 Å². The van der Waals surface area contributed by atoms with Gasteiger partial charge in [-0.15, -0.1) is 11.3 Å². The summed E-state index contributed by atoms with van der Waals surface area (Å²) in [6.45, 7) is 5.21. The molecule has 3 rings (SSSR count). The number of aromatic nitrogens is 2. The summed E-state index contributed by atoms with van der Waals surface area (Å²) in [4.78, 5) is 23.4. The molecule has 1 atom stereocenters. The molecule has 2 aromatic heterocycles. The van der Waals surface area contributed by atoms with Gasteiger partial charge in [-0.05, 0) is 23.8 Å². The molecule has 0 spiro atoms. The Balaban J connectivity index is 1.98. The van der Waals surface area contributed by atoms with Gasteiger partial charge >= 0.3 is 5.97 Å². The molecule has 106 valence electrons. The highest BCUT2D eigenvalue weighted by Crippen LogP contribution is 2.41. The minimum absolute atomic E-state index is 0.102. The maximum Gasteiger partial charge on any atom is 0.311 e. The van der Waals surface area contributed by atoms with Crippen molar-refractivity contribution >= 4 is 33.3 Å². The van der Waals surface area contributed by atoms with Gasteiger partial charge in [-0.2, -0.15) is 0 Å². The number of hydrogen-bond acceptors (Lipinski definition) is 5. The van der Waals surface area contributed by atoms with E-state index in [4.69, 9.17) is 0 Å². The van der Waals surface area contributed by atoms with Gasteiger partial charge in [0.2, 0.25) is 0 Å². The summed E-state index contributed by atoms with van der Waals surface area (Å²) in [6.07, 6.45) is 2.22. The Kier molecular flexibility index (Phi) is 3.12. The molecule has 6 heteroatoms. The number of thiophene rings is 1. The van der Waals surface area contributed by atoms with Gasteiger partial charge in [0.15, 0.2) is 0 Å². The first-order chi connectivity index (χ1) is 9.54. The first kappa shape index (κ1) is 13.3. The summed E-state index contributed by atoms with van der Waals surface area (Å²) < 4.78 is 0. The lowest BCUT2D eigenvalue weighted by Gasteiger charge is -2.29. The quantitative estimate of drug-likeness (QED) is 0.941. The molecular formula is C14H17N3O2S. The molecule has 0 aliphatic carbocycles. The van der Waals surface area contributed by atoms with Crippen LogP contribution in [-0.4, -0.2) is 34.1 Å². The molecule has 1 aliphatic rings. The summed E-state index contributed by atoms with van der Waals surface area (Å²) >= 11 is 1.58. The van der Waals surface area contributed by atoms with E-state index in [1.54, 1.807) is 17.7 Å². The maximum atomic E-state index is 11.7. The zero-order valence-corrected chi connectivity index (χ0v) is 12.4. The second-order valence-electron chi connectivity index (χ2n) is 5.62. The van der Waals surface area contributed by atoms with Crippen LogP contribution >= 0.6 is 11.3 Å². The highest BCUT2D eigenvalue weighted by atomic mass is 32.1. The largest absolute Gasteiger partial charge is 0.481 e. The van der Waals surface area contributed by atoms with Gasteiger partial charge in [-0.1, -0.05) is 13.8 Å². The van der Waals surface area contributed by atoms with Crippen molar-refractivity contribution < 1.29 is 9.90 Å². The number of rotatable bonds is 3. The van der Waals surface area contributed by atoms with Crippen molar-refractivity contribution in [1.29, 1.82) is 0 Å². The average molecular weight is 291 g/mol. The van der Waals surface area contributed by atoms with Crippen LogP contribution in [-0.2, 0) is 4.79 Å². The van der Waals surface area contributed by atoms with E-state index < -0.39 is 11.4 Å². The number of carboxylic acids is 1. The third kappa shape index (κ3) is 1.86. The first-order valence-corrected chi connectivity index (χ1v) is 7.59. The van der Waals surface area contributed by atoms with Crippen molar-refractivity contribution in [1.82, 2.24) is 9.97 Å². The van der Waals surface area contributed by atoms with Crippen LogP contribution in [0, 0.1) is 11.3 Å². The predicted molar refractivity (Wildman–Crippen MR) is 79.2 cm³/mol. The fourth-order valence-electron chi connectivity index (χ4n) is 2.94. The normalized spacial score (nSPS) is 22.9. The van der Waals surface area contributed by atoms with Crippen LogP contribution in [0.3, 0.4) is 0 Å². The molecule has 5 nitrogen and oxygen atoms in total. The third-order valence-electron chi connectivity index (χ3n) is 4.37. The molecule has 0 aromatic carbocycles. The number of fused-ring (bicyclic) bond motifs is 1. The fourth-order valence-corrected chi connectivity index (χ4v) is 3.66. The van der Waals surface area contributed by atoms with Crippen LogP contribution in [0.2, 0.25) is 0 Å². The number of anilines is 1. The maximum absolute atomic E-state index is 11.7. The van der Waals surface area contributed by atoms with Crippen molar-refractivity contribution in [2.45, 2.75) is 20.3 Å². The van der Waals surface area contributed by atoms with E-state index in [1.165, 1.54) is 0 Å². The molecule has 0 saturated carbocycles. The first-order valence-electron chi connectivity index (χ1n) is 6.71. The lowest BCUT2D eigenvalue weighted by molar-refractivity contribution is -0.150. The van der Waals surface area contributed by atoms with Crippen LogP contribution < -0.4 is 4.90 Å². The summed E-state index contributed by atoms with van der Waals surface area (Å²) in [5.41, 5.74) is -0.673. The molecule has 2 aromatic rings. The average Bonchev–Trinajstić information content (AvgIpc) is 3.05. The minimum atomic E-state index is -0.703. The molecule has 20 heavy (non-hydrogen) atoms. The van der Waals surface area contributed by atoms with E-state index in [0.29, 0.717) is 13.0 Å². The Morgan fingerprint density at radius 3 is 2.95 bits per heavy atom. The lowest BCUT2D eigenvalue weighted by atomic mass is 9.76. The fraction of sp³-hybridized carbons (Fsp3) is 0.500. The van der Waals surface area contributed by atoms with Crippen LogP contribution in [0.25, 0.3) is 10.2 Å². The van der Waals surface area contributed by atoms with Gasteiger partial charge in [0.05, 0.1) is 10.8 Å². The van der Waals surface area contributed by atoms with Crippen molar-refractivity contribution in [2.75, 3.05) is 18.0 Å². The SMILES string of the molecule is CC(C)C1(C(=O)O)CCN(c2ncnc3sccc23)C1. The highest BCUT2D eigenvalue weighted by molar-refractivity contribution is 7.16. The molecule has 1 N–H and O–H groups in total. The predicted octanol–water partition coefficient (Wildman–Crippen LogP) is 2.63. The number of carbonyl (C=O) groups is 1. The monoisotopic (exact) mass is 291 g/mol. The highest BCUT2D eigenvalue weighted by Gasteiger charge is 2.47. The second kappa shape index (κ2) is 4.70. The van der Waals surface area contributed by atoms with E-state index in [1.807, 2.05) is 25.3 Å². The molecule has 1 saturated heterocycles. The topological polar surface area (TPSA) is 66.3 Å². The van der Waals surface area contributed by atoms with Gasteiger partial charge in [-0.3, -0.25) is 4.79 Å². The standard InChI is InChI=1S/C14H17N3O2S/c1-9(2)14(13(18)19)4-5-17(7-14)11-10-3-6-20-12(10)16-8-15-11/h3,6,8-9H,4-5,7H2,1-2H3,(H,18,19). The summed E-state index contributed by atoms with van der Waals surface area (Å²) in [5.74, 6) is 0.260. The Hall–Kier alpha value is -1.69. The zero-order valence-electron chi connectivity index (χ0n) is 11.5. The van der Waals surface area contributed by atoms with E-state index in [9.17, 15) is 9.90 Å². The van der Waals surface area contributed by atoms with Crippen LogP contribution in [0.1, 0.15) is 20.3 Å². The Morgan fingerprint density at radius 2 is 2.30 bits per heavy atom. The van der Waals surface area contributed by atoms with Gasteiger partial charge < -0.3 is 10.0 Å². The smallest absolute Gasteiger partial charge is 0.311 e. The molecule has 1 aliphatic heterocycles. The Morgan fingerprint density at radius 1 is 1.50 bits per heavy atom.